The summed E-state index contributed by atoms with van der Waals surface area (Å²) in [7, 11) is 0. The Morgan fingerprint density at radius 1 is 1.36 bits per heavy atom. The molecule has 0 atom stereocenters. The van der Waals surface area contributed by atoms with Crippen molar-refractivity contribution in [2.24, 2.45) is 0 Å². The first-order valence-electron chi connectivity index (χ1n) is 4.71. The maximum absolute atomic E-state index is 11.0. The maximum atomic E-state index is 11.0. The van der Waals surface area contributed by atoms with Crippen LogP contribution in [0.5, 0.6) is 0 Å². The van der Waals surface area contributed by atoms with Crippen molar-refractivity contribution in [3.05, 3.63) is 35.4 Å². The Morgan fingerprint density at radius 3 is 2.29 bits per heavy atom. The molecule has 14 heavy (non-hydrogen) atoms. The molecule has 70 valence electrons. The first-order chi connectivity index (χ1) is 6.68. The SMILES string of the molecule is CC(=O)c1ccc(C2(C#N)CC2)cc1. The summed E-state index contributed by atoms with van der Waals surface area (Å²) >= 11 is 0. The summed E-state index contributed by atoms with van der Waals surface area (Å²) in [4.78, 5) is 11.0. The topological polar surface area (TPSA) is 40.9 Å². The largest absolute Gasteiger partial charge is 0.295 e. The van der Waals surface area contributed by atoms with E-state index in [1.165, 1.54) is 0 Å². The van der Waals surface area contributed by atoms with Gasteiger partial charge in [-0.15, -0.1) is 0 Å². The monoisotopic (exact) mass is 185 g/mol. The highest BCUT2D eigenvalue weighted by molar-refractivity contribution is 5.94. The Balaban J connectivity index is 2.32. The minimum Gasteiger partial charge on any atom is -0.295 e. The number of carbonyl (C=O) groups is 1. The van der Waals surface area contributed by atoms with Crippen molar-refractivity contribution in [2.75, 3.05) is 0 Å². The van der Waals surface area contributed by atoms with E-state index < -0.39 is 0 Å². The van der Waals surface area contributed by atoms with E-state index in [2.05, 4.69) is 6.07 Å². The number of ketones is 1. The minimum absolute atomic E-state index is 0.0679. The number of benzene rings is 1. The summed E-state index contributed by atoms with van der Waals surface area (Å²) < 4.78 is 0. The van der Waals surface area contributed by atoms with Crippen LogP contribution in [0.15, 0.2) is 24.3 Å². The first kappa shape index (κ1) is 8.96. The van der Waals surface area contributed by atoms with E-state index in [0.29, 0.717) is 5.56 Å². The van der Waals surface area contributed by atoms with Gasteiger partial charge in [0, 0.05) is 5.56 Å². The van der Waals surface area contributed by atoms with Crippen molar-refractivity contribution < 1.29 is 4.79 Å². The number of rotatable bonds is 2. The van der Waals surface area contributed by atoms with E-state index in [1.807, 2.05) is 12.1 Å². The average Bonchev–Trinajstić information content (AvgIpc) is 2.99. The molecule has 0 spiro atoms. The third kappa shape index (κ3) is 1.31. The van der Waals surface area contributed by atoms with E-state index in [0.717, 1.165) is 18.4 Å². The molecule has 1 aromatic carbocycles. The van der Waals surface area contributed by atoms with Crippen LogP contribution in [0, 0.1) is 11.3 Å². The standard InChI is InChI=1S/C12H11NO/c1-9(14)10-2-4-11(5-3-10)12(8-13)6-7-12/h2-5H,6-7H2,1H3. The zero-order chi connectivity index (χ0) is 10.2. The molecular formula is C12H11NO. The fourth-order valence-corrected chi connectivity index (χ4v) is 1.61. The molecule has 0 saturated heterocycles. The molecule has 1 saturated carbocycles. The second kappa shape index (κ2) is 2.95. The molecule has 1 aliphatic rings. The van der Waals surface area contributed by atoms with Crippen LogP contribution < -0.4 is 0 Å². The molecule has 0 heterocycles. The molecule has 2 heteroatoms. The van der Waals surface area contributed by atoms with Gasteiger partial charge in [0.05, 0.1) is 11.5 Å². The molecule has 0 radical (unpaired) electrons. The fourth-order valence-electron chi connectivity index (χ4n) is 1.61. The lowest BCUT2D eigenvalue weighted by Crippen LogP contribution is -2.02. The van der Waals surface area contributed by atoms with Gasteiger partial charge >= 0.3 is 0 Å². The zero-order valence-electron chi connectivity index (χ0n) is 8.08. The molecule has 1 aromatic rings. The molecule has 0 bridgehead atoms. The van der Waals surface area contributed by atoms with Crippen molar-refractivity contribution in [2.45, 2.75) is 25.2 Å². The van der Waals surface area contributed by atoms with Crippen LogP contribution in [0.1, 0.15) is 35.7 Å². The van der Waals surface area contributed by atoms with Gasteiger partial charge in [0.2, 0.25) is 0 Å². The molecule has 0 unspecified atom stereocenters. The van der Waals surface area contributed by atoms with E-state index in [1.54, 1.807) is 19.1 Å². The Labute approximate surface area is 83.2 Å². The molecule has 1 aliphatic carbocycles. The van der Waals surface area contributed by atoms with Gasteiger partial charge in [-0.2, -0.15) is 5.26 Å². The number of Topliss-reactive ketones (excluding diaryl/α,β-unsaturated/α-hetero) is 1. The zero-order valence-corrected chi connectivity index (χ0v) is 8.08. The Hall–Kier alpha value is -1.62. The van der Waals surface area contributed by atoms with Crippen LogP contribution in [0.2, 0.25) is 0 Å². The Morgan fingerprint density at radius 2 is 1.93 bits per heavy atom. The number of hydrogen-bond acceptors (Lipinski definition) is 2. The van der Waals surface area contributed by atoms with E-state index in [4.69, 9.17) is 5.26 Å². The van der Waals surface area contributed by atoms with Gasteiger partial charge in [-0.05, 0) is 25.3 Å². The van der Waals surface area contributed by atoms with Gasteiger partial charge in [-0.25, -0.2) is 0 Å². The lowest BCUT2D eigenvalue weighted by atomic mass is 9.96. The number of hydrogen-bond donors (Lipinski definition) is 0. The quantitative estimate of drug-likeness (QED) is 0.664. The minimum atomic E-state index is -0.241. The molecular weight excluding hydrogens is 174 g/mol. The predicted octanol–water partition coefficient (Wildman–Crippen LogP) is 2.44. The van der Waals surface area contributed by atoms with Crippen LogP contribution >= 0.6 is 0 Å². The van der Waals surface area contributed by atoms with Gasteiger partial charge in [0.1, 0.15) is 0 Å². The smallest absolute Gasteiger partial charge is 0.159 e. The lowest BCUT2D eigenvalue weighted by Gasteiger charge is -2.05. The van der Waals surface area contributed by atoms with Crippen LogP contribution in [-0.4, -0.2) is 5.78 Å². The summed E-state index contributed by atoms with van der Waals surface area (Å²) in [5.41, 5.74) is 1.52. The fraction of sp³-hybridized carbons (Fsp3) is 0.333. The van der Waals surface area contributed by atoms with Gasteiger partial charge in [-0.3, -0.25) is 4.79 Å². The Bertz CT molecular complexity index is 407. The molecule has 2 nitrogen and oxygen atoms in total. The summed E-state index contributed by atoms with van der Waals surface area (Å²) in [6, 6.07) is 9.73. The predicted molar refractivity (Wildman–Crippen MR) is 53.0 cm³/mol. The van der Waals surface area contributed by atoms with Crippen molar-refractivity contribution in [1.82, 2.24) is 0 Å². The molecule has 1 fully saturated rings. The molecule has 2 rings (SSSR count). The summed E-state index contributed by atoms with van der Waals surface area (Å²) in [6.45, 7) is 1.55. The summed E-state index contributed by atoms with van der Waals surface area (Å²) in [5.74, 6) is 0.0679. The molecule has 0 N–H and O–H groups in total. The summed E-state index contributed by atoms with van der Waals surface area (Å²) in [5, 5.41) is 8.97. The average molecular weight is 185 g/mol. The Kier molecular flexibility index (Phi) is 1.89. The highest BCUT2D eigenvalue weighted by Gasteiger charge is 2.44. The van der Waals surface area contributed by atoms with Gasteiger partial charge in [0.25, 0.3) is 0 Å². The maximum Gasteiger partial charge on any atom is 0.159 e. The van der Waals surface area contributed by atoms with Gasteiger partial charge in [0.15, 0.2) is 5.78 Å². The first-order valence-corrected chi connectivity index (χ1v) is 4.71. The van der Waals surface area contributed by atoms with Gasteiger partial charge in [-0.1, -0.05) is 24.3 Å². The van der Waals surface area contributed by atoms with Crippen molar-refractivity contribution >= 4 is 5.78 Å². The number of nitriles is 1. The van der Waals surface area contributed by atoms with Crippen molar-refractivity contribution in [1.29, 1.82) is 5.26 Å². The second-order valence-corrected chi connectivity index (χ2v) is 3.83. The van der Waals surface area contributed by atoms with Crippen LogP contribution in [0.4, 0.5) is 0 Å². The molecule has 0 amide bonds. The third-order valence-electron chi connectivity index (χ3n) is 2.81. The van der Waals surface area contributed by atoms with Crippen LogP contribution in [-0.2, 0) is 5.41 Å². The third-order valence-corrected chi connectivity index (χ3v) is 2.81. The normalized spacial score (nSPS) is 17.1. The molecule has 0 aliphatic heterocycles. The van der Waals surface area contributed by atoms with E-state index in [9.17, 15) is 4.79 Å². The number of carbonyl (C=O) groups excluding carboxylic acids is 1. The van der Waals surface area contributed by atoms with E-state index in [-0.39, 0.29) is 11.2 Å². The van der Waals surface area contributed by atoms with Crippen molar-refractivity contribution in [3.8, 4) is 6.07 Å². The van der Waals surface area contributed by atoms with Crippen LogP contribution in [0.3, 0.4) is 0 Å². The van der Waals surface area contributed by atoms with E-state index >= 15 is 0 Å². The summed E-state index contributed by atoms with van der Waals surface area (Å²) in [6.07, 6.45) is 1.89. The molecule has 0 aromatic heterocycles. The van der Waals surface area contributed by atoms with Crippen molar-refractivity contribution in [3.63, 3.8) is 0 Å². The lowest BCUT2D eigenvalue weighted by molar-refractivity contribution is 0.101. The highest BCUT2D eigenvalue weighted by atomic mass is 16.1. The number of nitrogens with zero attached hydrogens (tertiary/aromatic N) is 1. The highest BCUT2D eigenvalue weighted by Crippen LogP contribution is 2.47. The van der Waals surface area contributed by atoms with Gasteiger partial charge < -0.3 is 0 Å². The second-order valence-electron chi connectivity index (χ2n) is 3.83. The van der Waals surface area contributed by atoms with Crippen LogP contribution in [0.25, 0.3) is 0 Å².